The lowest BCUT2D eigenvalue weighted by Crippen LogP contribution is -2.22. The number of benzene rings is 1. The molecule has 0 spiro atoms. The van der Waals surface area contributed by atoms with Crippen LogP contribution in [0.1, 0.15) is 30.9 Å². The SMILES string of the molecule is CC(=O)CCC(=O)NCc1ccc(CO)cc1. The fourth-order valence-corrected chi connectivity index (χ4v) is 1.34. The molecule has 0 bridgehead atoms. The molecule has 0 unspecified atom stereocenters. The summed E-state index contributed by atoms with van der Waals surface area (Å²) in [5.41, 5.74) is 1.81. The molecule has 1 amide bonds. The molecule has 0 aromatic heterocycles. The van der Waals surface area contributed by atoms with Crippen LogP contribution in [-0.2, 0) is 22.7 Å². The molecule has 0 aliphatic heterocycles. The van der Waals surface area contributed by atoms with Gasteiger partial charge in [-0.3, -0.25) is 4.79 Å². The fraction of sp³-hybridized carbons (Fsp3) is 0.385. The molecule has 17 heavy (non-hydrogen) atoms. The lowest BCUT2D eigenvalue weighted by atomic mass is 10.1. The van der Waals surface area contributed by atoms with Crippen molar-refractivity contribution in [2.24, 2.45) is 0 Å². The first-order valence-corrected chi connectivity index (χ1v) is 5.56. The summed E-state index contributed by atoms with van der Waals surface area (Å²) >= 11 is 0. The van der Waals surface area contributed by atoms with Crippen molar-refractivity contribution in [3.63, 3.8) is 0 Å². The van der Waals surface area contributed by atoms with Gasteiger partial charge in [-0.05, 0) is 18.1 Å². The second-order valence-electron chi connectivity index (χ2n) is 3.95. The molecule has 0 aliphatic carbocycles. The average Bonchev–Trinajstić information content (AvgIpc) is 2.34. The molecule has 1 aromatic carbocycles. The second-order valence-corrected chi connectivity index (χ2v) is 3.95. The first-order valence-electron chi connectivity index (χ1n) is 5.56. The summed E-state index contributed by atoms with van der Waals surface area (Å²) < 4.78 is 0. The van der Waals surface area contributed by atoms with Gasteiger partial charge < -0.3 is 15.2 Å². The number of ketones is 1. The average molecular weight is 235 g/mol. The highest BCUT2D eigenvalue weighted by Crippen LogP contribution is 2.04. The number of hydrogen-bond donors (Lipinski definition) is 2. The van der Waals surface area contributed by atoms with E-state index in [1.54, 1.807) is 0 Å². The molecule has 0 aliphatic rings. The van der Waals surface area contributed by atoms with Crippen LogP contribution in [0.15, 0.2) is 24.3 Å². The van der Waals surface area contributed by atoms with Crippen LogP contribution in [-0.4, -0.2) is 16.8 Å². The van der Waals surface area contributed by atoms with E-state index in [9.17, 15) is 9.59 Å². The molecule has 0 fully saturated rings. The van der Waals surface area contributed by atoms with Gasteiger partial charge in [0.15, 0.2) is 0 Å². The van der Waals surface area contributed by atoms with Gasteiger partial charge >= 0.3 is 0 Å². The maximum Gasteiger partial charge on any atom is 0.220 e. The predicted molar refractivity (Wildman–Crippen MR) is 64.1 cm³/mol. The van der Waals surface area contributed by atoms with E-state index >= 15 is 0 Å². The first kappa shape index (κ1) is 13.4. The molecule has 0 atom stereocenters. The molecule has 1 aromatic rings. The van der Waals surface area contributed by atoms with Crippen molar-refractivity contribution in [3.8, 4) is 0 Å². The molecule has 0 saturated carbocycles. The van der Waals surface area contributed by atoms with Crippen molar-refractivity contribution in [2.75, 3.05) is 0 Å². The standard InChI is InChI=1S/C13H17NO3/c1-10(16)2-7-13(17)14-8-11-3-5-12(9-15)6-4-11/h3-6,15H,2,7-9H2,1H3,(H,14,17). The third kappa shape index (κ3) is 5.26. The highest BCUT2D eigenvalue weighted by atomic mass is 16.3. The lowest BCUT2D eigenvalue weighted by molar-refractivity contribution is -0.124. The molecule has 0 radical (unpaired) electrons. The lowest BCUT2D eigenvalue weighted by Gasteiger charge is -2.05. The van der Waals surface area contributed by atoms with Crippen LogP contribution < -0.4 is 5.32 Å². The second kappa shape index (κ2) is 6.81. The van der Waals surface area contributed by atoms with Crippen LogP contribution in [0.4, 0.5) is 0 Å². The first-order chi connectivity index (χ1) is 8.11. The Hall–Kier alpha value is -1.68. The minimum Gasteiger partial charge on any atom is -0.392 e. The molecule has 2 N–H and O–H groups in total. The maximum atomic E-state index is 11.3. The Morgan fingerprint density at radius 2 is 1.71 bits per heavy atom. The smallest absolute Gasteiger partial charge is 0.220 e. The molecule has 92 valence electrons. The number of hydrogen-bond acceptors (Lipinski definition) is 3. The number of rotatable bonds is 6. The summed E-state index contributed by atoms with van der Waals surface area (Å²) in [6.45, 7) is 1.94. The Morgan fingerprint density at radius 3 is 2.24 bits per heavy atom. The summed E-state index contributed by atoms with van der Waals surface area (Å²) in [5, 5.41) is 11.6. The van der Waals surface area contributed by atoms with Gasteiger partial charge in [-0.1, -0.05) is 24.3 Å². The van der Waals surface area contributed by atoms with E-state index in [-0.39, 0.29) is 31.1 Å². The molecule has 1 rings (SSSR count). The van der Waals surface area contributed by atoms with E-state index in [0.717, 1.165) is 11.1 Å². The van der Waals surface area contributed by atoms with Gasteiger partial charge in [0.05, 0.1) is 6.61 Å². The summed E-state index contributed by atoms with van der Waals surface area (Å²) in [7, 11) is 0. The number of aliphatic hydroxyl groups is 1. The monoisotopic (exact) mass is 235 g/mol. The van der Waals surface area contributed by atoms with Gasteiger partial charge in [-0.25, -0.2) is 0 Å². The Bertz CT molecular complexity index is 384. The van der Waals surface area contributed by atoms with Crippen molar-refractivity contribution in [2.45, 2.75) is 32.9 Å². The molecule has 4 nitrogen and oxygen atoms in total. The van der Waals surface area contributed by atoms with Gasteiger partial charge in [-0.15, -0.1) is 0 Å². The Morgan fingerprint density at radius 1 is 1.12 bits per heavy atom. The third-order valence-corrected chi connectivity index (χ3v) is 2.40. The van der Waals surface area contributed by atoms with Gasteiger partial charge in [0, 0.05) is 19.4 Å². The largest absolute Gasteiger partial charge is 0.392 e. The minimum absolute atomic E-state index is 0.0191. The zero-order chi connectivity index (χ0) is 12.7. The highest BCUT2D eigenvalue weighted by Gasteiger charge is 2.03. The molecular weight excluding hydrogens is 218 g/mol. The van der Waals surface area contributed by atoms with Crippen LogP contribution >= 0.6 is 0 Å². The topological polar surface area (TPSA) is 66.4 Å². The van der Waals surface area contributed by atoms with Crippen LogP contribution in [0, 0.1) is 0 Å². The van der Waals surface area contributed by atoms with Crippen LogP contribution in [0.2, 0.25) is 0 Å². The summed E-state index contributed by atoms with van der Waals surface area (Å²) in [5.74, 6) is -0.0983. The minimum atomic E-state index is -0.119. The quantitative estimate of drug-likeness (QED) is 0.777. The van der Waals surface area contributed by atoms with Crippen molar-refractivity contribution < 1.29 is 14.7 Å². The fourth-order valence-electron chi connectivity index (χ4n) is 1.34. The Kier molecular flexibility index (Phi) is 5.36. The van der Waals surface area contributed by atoms with Crippen molar-refractivity contribution >= 4 is 11.7 Å². The number of aliphatic hydroxyl groups excluding tert-OH is 1. The van der Waals surface area contributed by atoms with Gasteiger partial charge in [0.1, 0.15) is 5.78 Å². The molecule has 0 saturated heterocycles. The number of Topliss-reactive ketones (excluding diaryl/α,β-unsaturated/α-hetero) is 1. The van der Waals surface area contributed by atoms with Crippen LogP contribution in [0.3, 0.4) is 0 Å². The number of carbonyl (C=O) groups excluding carboxylic acids is 2. The zero-order valence-corrected chi connectivity index (χ0v) is 9.90. The maximum absolute atomic E-state index is 11.3. The van der Waals surface area contributed by atoms with E-state index in [2.05, 4.69) is 5.32 Å². The van der Waals surface area contributed by atoms with E-state index in [1.807, 2.05) is 24.3 Å². The Balaban J connectivity index is 2.34. The van der Waals surface area contributed by atoms with Gasteiger partial charge in [0.2, 0.25) is 5.91 Å². The van der Waals surface area contributed by atoms with Gasteiger partial charge in [-0.2, -0.15) is 0 Å². The normalized spacial score (nSPS) is 10.0. The van der Waals surface area contributed by atoms with E-state index < -0.39 is 0 Å². The molecule has 0 heterocycles. The van der Waals surface area contributed by atoms with E-state index in [0.29, 0.717) is 6.54 Å². The summed E-state index contributed by atoms with van der Waals surface area (Å²) in [4.78, 5) is 22.0. The van der Waals surface area contributed by atoms with Crippen molar-refractivity contribution in [3.05, 3.63) is 35.4 Å². The van der Waals surface area contributed by atoms with Crippen molar-refractivity contribution in [1.29, 1.82) is 0 Å². The third-order valence-electron chi connectivity index (χ3n) is 2.40. The van der Waals surface area contributed by atoms with E-state index in [4.69, 9.17) is 5.11 Å². The van der Waals surface area contributed by atoms with Crippen LogP contribution in [0.25, 0.3) is 0 Å². The van der Waals surface area contributed by atoms with Gasteiger partial charge in [0.25, 0.3) is 0 Å². The molecular formula is C13H17NO3. The highest BCUT2D eigenvalue weighted by molar-refractivity contribution is 5.83. The van der Waals surface area contributed by atoms with E-state index in [1.165, 1.54) is 6.92 Å². The predicted octanol–water partition coefficient (Wildman–Crippen LogP) is 1.16. The summed E-state index contributed by atoms with van der Waals surface area (Å²) in [6, 6.07) is 7.35. The number of nitrogens with one attached hydrogen (secondary N) is 1. The Labute approximate surface area is 101 Å². The van der Waals surface area contributed by atoms with Crippen molar-refractivity contribution in [1.82, 2.24) is 5.32 Å². The molecule has 4 heteroatoms. The van der Waals surface area contributed by atoms with Crippen LogP contribution in [0.5, 0.6) is 0 Å². The number of amides is 1. The summed E-state index contributed by atoms with van der Waals surface area (Å²) in [6.07, 6.45) is 0.527. The number of carbonyl (C=O) groups is 2. The zero-order valence-electron chi connectivity index (χ0n) is 9.90.